The number of halogens is 2. The van der Waals surface area contributed by atoms with Crippen molar-refractivity contribution in [1.29, 1.82) is 0 Å². The van der Waals surface area contributed by atoms with Crippen LogP contribution in [-0.2, 0) is 15.4 Å². The minimum absolute atomic E-state index is 0.0165. The molecule has 0 fully saturated rings. The predicted octanol–water partition coefficient (Wildman–Crippen LogP) is 4.79. The lowest BCUT2D eigenvalue weighted by Gasteiger charge is -2.22. The van der Waals surface area contributed by atoms with Crippen LogP contribution >= 0.6 is 11.6 Å². The normalized spacial score (nSPS) is 12.1. The van der Waals surface area contributed by atoms with E-state index < -0.39 is 32.7 Å². The van der Waals surface area contributed by atoms with Gasteiger partial charge in [-0.25, -0.2) is 22.3 Å². The van der Waals surface area contributed by atoms with Gasteiger partial charge in [-0.2, -0.15) is 5.10 Å². The van der Waals surface area contributed by atoms with Crippen LogP contribution in [0.5, 0.6) is 5.88 Å². The number of ether oxygens (including phenoxy) is 1. The molecule has 0 unspecified atom stereocenters. The van der Waals surface area contributed by atoms with E-state index in [4.69, 9.17) is 16.3 Å². The van der Waals surface area contributed by atoms with Crippen molar-refractivity contribution in [3.05, 3.63) is 70.6 Å². The van der Waals surface area contributed by atoms with Crippen molar-refractivity contribution in [3.8, 4) is 5.88 Å². The van der Waals surface area contributed by atoms with Gasteiger partial charge in [-0.05, 0) is 52.0 Å². The zero-order chi connectivity index (χ0) is 22.3. The summed E-state index contributed by atoms with van der Waals surface area (Å²) in [5, 5.41) is 4.15. The Bertz CT molecular complexity index is 1200. The summed E-state index contributed by atoms with van der Waals surface area (Å²) in [4.78, 5) is 12.5. The minimum Gasteiger partial charge on any atom is -0.403 e. The van der Waals surface area contributed by atoms with Crippen LogP contribution in [0.4, 0.5) is 4.39 Å². The lowest BCUT2D eigenvalue weighted by atomic mass is 10.1. The van der Waals surface area contributed by atoms with E-state index in [0.29, 0.717) is 0 Å². The number of sulfone groups is 1. The molecule has 0 aliphatic heterocycles. The SMILES string of the molecule is Cc1nn(C(C)(C)C)c(OC(=O)c2c(F)cccc2Cl)c1S(=O)(=O)c1ccccc1. The molecule has 0 amide bonds. The zero-order valence-corrected chi connectivity index (χ0v) is 18.4. The minimum atomic E-state index is -4.08. The number of rotatable bonds is 4. The van der Waals surface area contributed by atoms with Crippen LogP contribution < -0.4 is 4.74 Å². The summed E-state index contributed by atoms with van der Waals surface area (Å²) in [6.07, 6.45) is 0. The van der Waals surface area contributed by atoms with E-state index in [1.54, 1.807) is 39.0 Å². The molecule has 2 aromatic carbocycles. The quantitative estimate of drug-likeness (QED) is 0.534. The molecule has 0 aliphatic carbocycles. The first-order chi connectivity index (χ1) is 13.9. The molecule has 3 rings (SSSR count). The number of esters is 1. The molecule has 1 aromatic heterocycles. The number of benzene rings is 2. The molecule has 0 atom stereocenters. The second-order valence-electron chi connectivity index (χ2n) is 7.60. The molecule has 0 radical (unpaired) electrons. The van der Waals surface area contributed by atoms with Gasteiger partial charge in [-0.15, -0.1) is 0 Å². The van der Waals surface area contributed by atoms with Gasteiger partial charge >= 0.3 is 5.97 Å². The molecule has 0 spiro atoms. The average molecular weight is 451 g/mol. The molecule has 0 N–H and O–H groups in total. The van der Waals surface area contributed by atoms with Gasteiger partial charge in [0.05, 0.1) is 21.2 Å². The lowest BCUT2D eigenvalue weighted by Crippen LogP contribution is -2.26. The number of hydrogen-bond acceptors (Lipinski definition) is 5. The molecule has 30 heavy (non-hydrogen) atoms. The van der Waals surface area contributed by atoms with E-state index in [-0.39, 0.29) is 26.4 Å². The van der Waals surface area contributed by atoms with Crippen LogP contribution in [0.15, 0.2) is 58.3 Å². The largest absolute Gasteiger partial charge is 0.403 e. The van der Waals surface area contributed by atoms with E-state index in [1.807, 2.05) is 0 Å². The van der Waals surface area contributed by atoms with E-state index in [1.165, 1.54) is 35.9 Å². The summed E-state index contributed by atoms with van der Waals surface area (Å²) < 4.78 is 47.6. The Balaban J connectivity index is 2.22. The molecule has 158 valence electrons. The molecular formula is C21H20ClFN2O4S. The van der Waals surface area contributed by atoms with Crippen LogP contribution in [0.25, 0.3) is 0 Å². The van der Waals surface area contributed by atoms with Gasteiger partial charge in [-0.1, -0.05) is 35.9 Å². The summed E-state index contributed by atoms with van der Waals surface area (Å²) in [5.41, 5.74) is -1.07. The molecule has 0 saturated heterocycles. The standard InChI is InChI=1S/C21H20ClFN2O4S/c1-13-18(30(27,28)14-9-6-5-7-10-14)19(25(24-13)21(2,3)4)29-20(26)17-15(22)11-8-12-16(17)23/h5-12H,1-4H3. The van der Waals surface area contributed by atoms with Crippen molar-refractivity contribution in [2.45, 2.75) is 43.0 Å². The third-order valence-electron chi connectivity index (χ3n) is 4.28. The Hall–Kier alpha value is -2.71. The number of hydrogen-bond donors (Lipinski definition) is 0. The van der Waals surface area contributed by atoms with Crippen molar-refractivity contribution < 1.29 is 22.3 Å². The van der Waals surface area contributed by atoms with E-state index in [9.17, 15) is 17.6 Å². The Labute approximate surface area is 179 Å². The Morgan fingerprint density at radius 1 is 1.10 bits per heavy atom. The Kier molecular flexibility index (Phi) is 5.75. The van der Waals surface area contributed by atoms with Crippen molar-refractivity contribution in [2.24, 2.45) is 0 Å². The smallest absolute Gasteiger partial charge is 0.349 e. The van der Waals surface area contributed by atoms with E-state index in [2.05, 4.69) is 5.10 Å². The van der Waals surface area contributed by atoms with Crippen molar-refractivity contribution in [1.82, 2.24) is 9.78 Å². The highest BCUT2D eigenvalue weighted by atomic mass is 35.5. The molecule has 3 aromatic rings. The van der Waals surface area contributed by atoms with Crippen LogP contribution in [0.3, 0.4) is 0 Å². The lowest BCUT2D eigenvalue weighted by molar-refractivity contribution is 0.0699. The number of aromatic nitrogens is 2. The number of aryl methyl sites for hydroxylation is 1. The van der Waals surface area contributed by atoms with Gasteiger partial charge in [0.1, 0.15) is 11.4 Å². The second-order valence-corrected chi connectivity index (χ2v) is 9.90. The Morgan fingerprint density at radius 3 is 2.30 bits per heavy atom. The topological polar surface area (TPSA) is 78.3 Å². The third kappa shape index (κ3) is 3.97. The summed E-state index contributed by atoms with van der Waals surface area (Å²) in [5.74, 6) is -2.29. The summed E-state index contributed by atoms with van der Waals surface area (Å²) in [6.45, 7) is 6.81. The van der Waals surface area contributed by atoms with Gasteiger partial charge in [0, 0.05) is 0 Å². The maximum atomic E-state index is 14.2. The van der Waals surface area contributed by atoms with Gasteiger partial charge in [0.2, 0.25) is 15.7 Å². The van der Waals surface area contributed by atoms with Crippen LogP contribution in [0.1, 0.15) is 36.8 Å². The van der Waals surface area contributed by atoms with Crippen LogP contribution in [-0.4, -0.2) is 24.2 Å². The fraction of sp³-hybridized carbons (Fsp3) is 0.238. The van der Waals surface area contributed by atoms with Gasteiger partial charge < -0.3 is 4.74 Å². The van der Waals surface area contributed by atoms with Gasteiger partial charge in [-0.3, -0.25) is 0 Å². The van der Waals surface area contributed by atoms with E-state index in [0.717, 1.165) is 6.07 Å². The summed E-state index contributed by atoms with van der Waals surface area (Å²) in [7, 11) is -4.08. The van der Waals surface area contributed by atoms with Crippen molar-refractivity contribution in [3.63, 3.8) is 0 Å². The number of nitrogens with zero attached hydrogens (tertiary/aromatic N) is 2. The zero-order valence-electron chi connectivity index (χ0n) is 16.8. The Morgan fingerprint density at radius 2 is 1.73 bits per heavy atom. The number of carbonyl (C=O) groups is 1. The molecular weight excluding hydrogens is 431 g/mol. The molecule has 0 bridgehead atoms. The first-order valence-electron chi connectivity index (χ1n) is 9.01. The fourth-order valence-electron chi connectivity index (χ4n) is 2.89. The molecule has 1 heterocycles. The average Bonchev–Trinajstić information content (AvgIpc) is 2.99. The van der Waals surface area contributed by atoms with Crippen LogP contribution in [0.2, 0.25) is 5.02 Å². The first-order valence-corrected chi connectivity index (χ1v) is 10.9. The maximum Gasteiger partial charge on any atom is 0.349 e. The third-order valence-corrected chi connectivity index (χ3v) is 6.49. The highest BCUT2D eigenvalue weighted by molar-refractivity contribution is 7.91. The predicted molar refractivity (Wildman–Crippen MR) is 110 cm³/mol. The molecule has 0 saturated carbocycles. The fourth-order valence-corrected chi connectivity index (χ4v) is 4.67. The molecule has 6 nitrogen and oxygen atoms in total. The van der Waals surface area contributed by atoms with E-state index >= 15 is 0 Å². The number of carbonyl (C=O) groups excluding carboxylic acids is 1. The molecule has 0 aliphatic rings. The maximum absolute atomic E-state index is 14.2. The monoisotopic (exact) mass is 450 g/mol. The second kappa shape index (κ2) is 7.85. The van der Waals surface area contributed by atoms with Crippen molar-refractivity contribution in [2.75, 3.05) is 0 Å². The van der Waals surface area contributed by atoms with Gasteiger partial charge in [0.25, 0.3) is 0 Å². The van der Waals surface area contributed by atoms with Crippen molar-refractivity contribution >= 4 is 27.4 Å². The highest BCUT2D eigenvalue weighted by Gasteiger charge is 2.35. The highest BCUT2D eigenvalue weighted by Crippen LogP contribution is 2.36. The summed E-state index contributed by atoms with van der Waals surface area (Å²) >= 11 is 5.97. The molecule has 9 heteroatoms. The first kappa shape index (κ1) is 22.0. The van der Waals surface area contributed by atoms with Gasteiger partial charge in [0.15, 0.2) is 4.90 Å². The summed E-state index contributed by atoms with van der Waals surface area (Å²) in [6, 6.07) is 11.5. The van der Waals surface area contributed by atoms with Crippen LogP contribution in [0, 0.1) is 12.7 Å².